The Morgan fingerprint density at radius 3 is 2.69 bits per heavy atom. The highest BCUT2D eigenvalue weighted by Gasteiger charge is 2.00. The van der Waals surface area contributed by atoms with Crippen molar-refractivity contribution in [2.75, 3.05) is 5.73 Å². The van der Waals surface area contributed by atoms with E-state index in [-0.39, 0.29) is 0 Å². The van der Waals surface area contributed by atoms with Gasteiger partial charge in [-0.05, 0) is 35.2 Å². The second-order valence-electron chi connectivity index (χ2n) is 2.75. The van der Waals surface area contributed by atoms with Gasteiger partial charge in [-0.25, -0.2) is 0 Å². The first-order chi connectivity index (χ1) is 6.25. The van der Waals surface area contributed by atoms with Gasteiger partial charge in [0.25, 0.3) is 0 Å². The first-order valence-electron chi connectivity index (χ1n) is 3.85. The third kappa shape index (κ3) is 1.85. The van der Waals surface area contributed by atoms with Crippen LogP contribution in [-0.4, -0.2) is 0 Å². The molecule has 1 aromatic heterocycles. The van der Waals surface area contributed by atoms with E-state index >= 15 is 0 Å². The maximum absolute atomic E-state index is 5.89. The van der Waals surface area contributed by atoms with Gasteiger partial charge in [-0.3, -0.25) is 0 Å². The van der Waals surface area contributed by atoms with Crippen LogP contribution in [0, 0.1) is 0 Å². The topological polar surface area (TPSA) is 26.0 Å². The Bertz CT molecular complexity index is 389. The van der Waals surface area contributed by atoms with Gasteiger partial charge in [0, 0.05) is 15.6 Å². The van der Waals surface area contributed by atoms with Gasteiger partial charge in [-0.1, -0.05) is 17.7 Å². The number of anilines is 1. The predicted molar refractivity (Wildman–Crippen MR) is 59.2 cm³/mol. The normalized spacial score (nSPS) is 10.2. The fourth-order valence-electron chi connectivity index (χ4n) is 1.20. The van der Waals surface area contributed by atoms with Gasteiger partial charge in [0.05, 0.1) is 0 Å². The number of hydrogen-bond donors (Lipinski definition) is 1. The van der Waals surface area contributed by atoms with Crippen molar-refractivity contribution in [3.8, 4) is 10.4 Å². The zero-order chi connectivity index (χ0) is 9.26. The van der Waals surface area contributed by atoms with Crippen LogP contribution in [0.1, 0.15) is 0 Å². The first kappa shape index (κ1) is 8.60. The van der Waals surface area contributed by atoms with E-state index in [1.54, 1.807) is 17.4 Å². The molecule has 0 amide bonds. The highest BCUT2D eigenvalue weighted by molar-refractivity contribution is 7.13. The Balaban J connectivity index is 2.53. The average Bonchev–Trinajstić information content (AvgIpc) is 2.53. The van der Waals surface area contributed by atoms with Gasteiger partial charge in [-0.15, -0.1) is 11.3 Å². The molecule has 0 bridgehead atoms. The van der Waals surface area contributed by atoms with Crippen LogP contribution >= 0.6 is 22.9 Å². The van der Waals surface area contributed by atoms with E-state index in [9.17, 15) is 0 Å². The number of nitrogens with two attached hydrogens (primary N) is 1. The van der Waals surface area contributed by atoms with Gasteiger partial charge >= 0.3 is 0 Å². The van der Waals surface area contributed by atoms with Crippen LogP contribution < -0.4 is 5.73 Å². The van der Waals surface area contributed by atoms with Crippen LogP contribution in [0.15, 0.2) is 35.7 Å². The van der Waals surface area contributed by atoms with E-state index in [1.165, 1.54) is 4.88 Å². The molecule has 66 valence electrons. The minimum absolute atomic E-state index is 0.684. The van der Waals surface area contributed by atoms with Gasteiger partial charge in [0.1, 0.15) is 0 Å². The van der Waals surface area contributed by atoms with Crippen LogP contribution in [0.4, 0.5) is 5.69 Å². The number of hydrogen-bond acceptors (Lipinski definition) is 2. The SMILES string of the molecule is Nc1cc(Cl)cc(-c2cccs2)c1. The summed E-state index contributed by atoms with van der Waals surface area (Å²) in [5.41, 5.74) is 7.47. The zero-order valence-electron chi connectivity index (χ0n) is 6.83. The minimum Gasteiger partial charge on any atom is -0.399 e. The van der Waals surface area contributed by atoms with E-state index in [4.69, 9.17) is 17.3 Å². The predicted octanol–water partition coefficient (Wildman–Crippen LogP) is 3.65. The molecule has 0 atom stereocenters. The van der Waals surface area contributed by atoms with Crippen molar-refractivity contribution in [1.82, 2.24) is 0 Å². The molecule has 3 heteroatoms. The molecule has 1 aromatic carbocycles. The van der Waals surface area contributed by atoms with Crippen molar-refractivity contribution in [1.29, 1.82) is 0 Å². The Morgan fingerprint density at radius 1 is 1.23 bits per heavy atom. The second-order valence-corrected chi connectivity index (χ2v) is 4.13. The van der Waals surface area contributed by atoms with Gasteiger partial charge in [0.15, 0.2) is 0 Å². The summed E-state index contributed by atoms with van der Waals surface area (Å²) in [6.45, 7) is 0. The maximum Gasteiger partial charge on any atom is 0.0432 e. The molecular weight excluding hydrogens is 202 g/mol. The fraction of sp³-hybridized carbons (Fsp3) is 0. The highest BCUT2D eigenvalue weighted by atomic mass is 35.5. The average molecular weight is 210 g/mol. The number of benzene rings is 1. The second kappa shape index (κ2) is 3.40. The molecule has 0 unspecified atom stereocenters. The molecule has 0 saturated carbocycles. The molecule has 0 spiro atoms. The van der Waals surface area contributed by atoms with Crippen LogP contribution in [0.2, 0.25) is 5.02 Å². The lowest BCUT2D eigenvalue weighted by Crippen LogP contribution is -1.84. The Hall–Kier alpha value is -0.990. The number of rotatable bonds is 1. The van der Waals surface area contributed by atoms with Crippen molar-refractivity contribution in [2.24, 2.45) is 0 Å². The lowest BCUT2D eigenvalue weighted by Gasteiger charge is -2.00. The molecule has 2 N–H and O–H groups in total. The molecule has 1 nitrogen and oxygen atoms in total. The van der Waals surface area contributed by atoms with Crippen LogP contribution in [0.25, 0.3) is 10.4 Å². The molecule has 1 heterocycles. The standard InChI is InChI=1S/C10H8ClNS/c11-8-4-7(5-9(12)6-8)10-2-1-3-13-10/h1-6H,12H2. The summed E-state index contributed by atoms with van der Waals surface area (Å²) >= 11 is 7.57. The molecule has 13 heavy (non-hydrogen) atoms. The van der Waals surface area contributed by atoms with E-state index in [0.717, 1.165) is 5.56 Å². The lowest BCUT2D eigenvalue weighted by molar-refractivity contribution is 1.67. The molecular formula is C10H8ClNS. The molecule has 2 aromatic rings. The number of nitrogen functional groups attached to an aromatic ring is 1. The summed E-state index contributed by atoms with van der Waals surface area (Å²) in [6.07, 6.45) is 0. The lowest BCUT2D eigenvalue weighted by atomic mass is 10.2. The number of halogens is 1. The molecule has 0 fully saturated rings. The van der Waals surface area contributed by atoms with Crippen molar-refractivity contribution >= 4 is 28.6 Å². The Kier molecular flexibility index (Phi) is 2.25. The summed E-state index contributed by atoms with van der Waals surface area (Å²) in [6, 6.07) is 9.66. The zero-order valence-corrected chi connectivity index (χ0v) is 8.40. The van der Waals surface area contributed by atoms with Gasteiger partial charge in [0.2, 0.25) is 0 Å². The van der Waals surface area contributed by atoms with Crippen LogP contribution in [0.5, 0.6) is 0 Å². The van der Waals surface area contributed by atoms with E-state index in [2.05, 4.69) is 6.07 Å². The van der Waals surface area contributed by atoms with E-state index < -0.39 is 0 Å². The van der Waals surface area contributed by atoms with Crippen molar-refractivity contribution in [3.05, 3.63) is 40.7 Å². The summed E-state index contributed by atoms with van der Waals surface area (Å²) in [4.78, 5) is 1.19. The van der Waals surface area contributed by atoms with Crippen molar-refractivity contribution < 1.29 is 0 Å². The molecule has 0 aliphatic rings. The highest BCUT2D eigenvalue weighted by Crippen LogP contribution is 2.28. The summed E-state index contributed by atoms with van der Waals surface area (Å²) in [5.74, 6) is 0. The van der Waals surface area contributed by atoms with Gasteiger partial charge < -0.3 is 5.73 Å². The molecule has 0 aliphatic heterocycles. The van der Waals surface area contributed by atoms with E-state index in [1.807, 2.05) is 23.6 Å². The summed E-state index contributed by atoms with van der Waals surface area (Å²) in [5, 5.41) is 2.72. The van der Waals surface area contributed by atoms with Crippen LogP contribution in [-0.2, 0) is 0 Å². The van der Waals surface area contributed by atoms with Crippen LogP contribution in [0.3, 0.4) is 0 Å². The van der Waals surface area contributed by atoms with E-state index in [0.29, 0.717) is 10.7 Å². The molecule has 0 saturated heterocycles. The molecule has 0 aliphatic carbocycles. The smallest absolute Gasteiger partial charge is 0.0432 e. The quantitative estimate of drug-likeness (QED) is 0.713. The molecule has 0 radical (unpaired) electrons. The summed E-state index contributed by atoms with van der Waals surface area (Å²) < 4.78 is 0. The first-order valence-corrected chi connectivity index (χ1v) is 5.11. The van der Waals surface area contributed by atoms with Crippen molar-refractivity contribution in [3.63, 3.8) is 0 Å². The number of thiophene rings is 1. The largest absolute Gasteiger partial charge is 0.399 e. The van der Waals surface area contributed by atoms with Gasteiger partial charge in [-0.2, -0.15) is 0 Å². The Labute approximate surface area is 85.8 Å². The third-order valence-electron chi connectivity index (χ3n) is 1.73. The fourth-order valence-corrected chi connectivity index (χ4v) is 2.16. The molecule has 2 rings (SSSR count). The Morgan fingerprint density at radius 2 is 2.08 bits per heavy atom. The van der Waals surface area contributed by atoms with Crippen molar-refractivity contribution in [2.45, 2.75) is 0 Å². The minimum atomic E-state index is 0.684. The summed E-state index contributed by atoms with van der Waals surface area (Å²) in [7, 11) is 0. The maximum atomic E-state index is 5.89. The third-order valence-corrected chi connectivity index (χ3v) is 2.86. The monoisotopic (exact) mass is 209 g/mol.